The number of nitrogens with zero attached hydrogens (tertiary/aromatic N) is 2. The van der Waals surface area contributed by atoms with Gasteiger partial charge in [0.15, 0.2) is 0 Å². The van der Waals surface area contributed by atoms with E-state index in [2.05, 4.69) is 58.5 Å². The maximum atomic E-state index is 4.47. The van der Waals surface area contributed by atoms with Crippen LogP contribution in [-0.2, 0) is 20.4 Å². The van der Waals surface area contributed by atoms with Gasteiger partial charge in [0.1, 0.15) is 0 Å². The smallest absolute Gasteiger partial charge is 0.304 e. The zero-order chi connectivity index (χ0) is 24.4. The molecule has 0 saturated heterocycles. The second kappa shape index (κ2) is 13.2. The van der Waals surface area contributed by atoms with Crippen molar-refractivity contribution in [3.8, 4) is 0 Å². The Balaban J connectivity index is 0.000000168. The maximum absolute atomic E-state index is 4.47. The van der Waals surface area contributed by atoms with Gasteiger partial charge in [0, 0.05) is 0 Å². The molecule has 0 bridgehead atoms. The van der Waals surface area contributed by atoms with Gasteiger partial charge in [0.25, 0.3) is 0 Å². The first-order valence-electron chi connectivity index (χ1n) is 11.8. The summed E-state index contributed by atoms with van der Waals surface area (Å²) in [5.41, 5.74) is 3.96. The standard InChI is InChI=1S/2C17H12N.Pd/c2*1-2-10-16(11-3-1)18-13-15-9-6-8-14-7-4-5-12-17(14)15;/h2*1-8,10-13H;/q2*-1;+2. The van der Waals surface area contributed by atoms with Crippen LogP contribution in [0.5, 0.6) is 0 Å². The molecule has 0 atom stereocenters. The predicted molar refractivity (Wildman–Crippen MR) is 153 cm³/mol. The normalized spacial score (nSPS) is 10.8. The first-order chi connectivity index (χ1) is 17.9. The molecular weight excluding hydrogens is 543 g/mol. The third-order valence-corrected chi connectivity index (χ3v) is 5.70. The molecule has 37 heavy (non-hydrogen) atoms. The summed E-state index contributed by atoms with van der Waals surface area (Å²) in [7, 11) is 0. The molecule has 0 aliphatic heterocycles. The van der Waals surface area contributed by atoms with Crippen molar-refractivity contribution in [2.75, 3.05) is 0 Å². The van der Waals surface area contributed by atoms with E-state index in [9.17, 15) is 0 Å². The summed E-state index contributed by atoms with van der Waals surface area (Å²) in [6, 6.07) is 50.9. The van der Waals surface area contributed by atoms with Crippen molar-refractivity contribution in [1.29, 1.82) is 0 Å². The second-order valence-electron chi connectivity index (χ2n) is 8.14. The van der Waals surface area contributed by atoms with E-state index in [1.807, 2.05) is 109 Å². The zero-order valence-electron chi connectivity index (χ0n) is 20.1. The van der Waals surface area contributed by atoms with Crippen LogP contribution in [-0.4, -0.2) is 12.4 Å². The number of para-hydroxylation sites is 2. The van der Waals surface area contributed by atoms with E-state index >= 15 is 0 Å². The molecule has 0 N–H and O–H groups in total. The molecular formula is C34H24N2Pd. The molecule has 0 aliphatic rings. The Bertz CT molecular complexity index is 1490. The first-order valence-corrected chi connectivity index (χ1v) is 11.8. The van der Waals surface area contributed by atoms with Crippen LogP contribution >= 0.6 is 0 Å². The van der Waals surface area contributed by atoms with Gasteiger partial charge >= 0.3 is 20.4 Å². The van der Waals surface area contributed by atoms with Crippen molar-refractivity contribution in [1.82, 2.24) is 0 Å². The maximum Gasteiger partial charge on any atom is 2.00 e. The largest absolute Gasteiger partial charge is 2.00 e. The summed E-state index contributed by atoms with van der Waals surface area (Å²) in [5.74, 6) is 0. The molecule has 0 fully saturated rings. The van der Waals surface area contributed by atoms with Crippen LogP contribution < -0.4 is 0 Å². The fourth-order valence-electron chi connectivity index (χ4n) is 3.89. The molecule has 0 radical (unpaired) electrons. The third kappa shape index (κ3) is 6.96. The fraction of sp³-hybridized carbons (Fsp3) is 0. The summed E-state index contributed by atoms with van der Waals surface area (Å²) in [6.45, 7) is 0. The van der Waals surface area contributed by atoms with Crippen LogP contribution in [0.3, 0.4) is 0 Å². The van der Waals surface area contributed by atoms with Gasteiger partial charge in [-0.3, -0.25) is 0 Å². The van der Waals surface area contributed by atoms with Gasteiger partial charge in [0.2, 0.25) is 0 Å². The fourth-order valence-corrected chi connectivity index (χ4v) is 3.89. The zero-order valence-corrected chi connectivity index (χ0v) is 21.6. The van der Waals surface area contributed by atoms with E-state index < -0.39 is 0 Å². The molecule has 6 rings (SSSR count). The summed E-state index contributed by atoms with van der Waals surface area (Å²) in [5, 5.41) is 4.79. The quantitative estimate of drug-likeness (QED) is 0.116. The van der Waals surface area contributed by atoms with E-state index in [0.29, 0.717) is 0 Å². The minimum absolute atomic E-state index is 0. The van der Waals surface area contributed by atoms with Crippen molar-refractivity contribution in [2.45, 2.75) is 0 Å². The Morgan fingerprint density at radius 2 is 0.811 bits per heavy atom. The minimum Gasteiger partial charge on any atom is -0.304 e. The monoisotopic (exact) mass is 566 g/mol. The van der Waals surface area contributed by atoms with Crippen LogP contribution in [0.25, 0.3) is 21.5 Å². The van der Waals surface area contributed by atoms with Gasteiger partial charge in [0.05, 0.1) is 11.4 Å². The number of rotatable bonds is 4. The topological polar surface area (TPSA) is 24.7 Å². The Labute approximate surface area is 231 Å². The molecule has 180 valence electrons. The molecule has 0 aromatic heterocycles. The summed E-state index contributed by atoms with van der Waals surface area (Å²) in [4.78, 5) is 8.94. The number of aliphatic imine (C=N–C) groups is 2. The Kier molecular flexibility index (Phi) is 9.27. The third-order valence-electron chi connectivity index (χ3n) is 5.70. The van der Waals surface area contributed by atoms with E-state index in [-0.39, 0.29) is 20.4 Å². The molecule has 6 aromatic carbocycles. The molecule has 0 aliphatic carbocycles. The van der Waals surface area contributed by atoms with E-state index in [4.69, 9.17) is 0 Å². The van der Waals surface area contributed by atoms with Crippen LogP contribution in [0.4, 0.5) is 11.4 Å². The van der Waals surface area contributed by atoms with Gasteiger partial charge in [-0.1, -0.05) is 84.9 Å². The van der Waals surface area contributed by atoms with Crippen molar-refractivity contribution in [2.24, 2.45) is 9.98 Å². The molecule has 0 amide bonds. The molecule has 2 nitrogen and oxygen atoms in total. The molecule has 0 spiro atoms. The summed E-state index contributed by atoms with van der Waals surface area (Å²) >= 11 is 0. The summed E-state index contributed by atoms with van der Waals surface area (Å²) in [6.07, 6.45) is 3.75. The molecule has 0 saturated carbocycles. The second-order valence-corrected chi connectivity index (χ2v) is 8.14. The van der Waals surface area contributed by atoms with Crippen molar-refractivity contribution >= 4 is 45.3 Å². The SMILES string of the molecule is [Pd+2].[c-]1ccc2ccccc2c1C=Nc1ccccc1.[c-]1ccc2ccccc2c1C=Nc1ccccc1. The van der Waals surface area contributed by atoms with E-state index in [0.717, 1.165) is 22.5 Å². The number of benzene rings is 6. The Hall–Kier alpha value is -4.16. The summed E-state index contributed by atoms with van der Waals surface area (Å²) < 4.78 is 0. The van der Waals surface area contributed by atoms with E-state index in [1.54, 1.807) is 0 Å². The van der Waals surface area contributed by atoms with Crippen molar-refractivity contribution in [3.05, 3.63) is 157 Å². The van der Waals surface area contributed by atoms with Crippen LogP contribution in [0.15, 0.2) is 143 Å². The van der Waals surface area contributed by atoms with Gasteiger partial charge in [-0.15, -0.1) is 69.1 Å². The Morgan fingerprint density at radius 3 is 1.24 bits per heavy atom. The van der Waals surface area contributed by atoms with Gasteiger partial charge in [-0.25, -0.2) is 0 Å². The van der Waals surface area contributed by atoms with Gasteiger partial charge in [-0.05, 0) is 36.7 Å². The van der Waals surface area contributed by atoms with Crippen molar-refractivity contribution in [3.63, 3.8) is 0 Å². The number of hydrogen-bond acceptors (Lipinski definition) is 2. The first kappa shape index (κ1) is 25.9. The van der Waals surface area contributed by atoms with Crippen molar-refractivity contribution < 1.29 is 20.4 Å². The van der Waals surface area contributed by atoms with E-state index in [1.165, 1.54) is 21.5 Å². The van der Waals surface area contributed by atoms with Crippen LogP contribution in [0.2, 0.25) is 0 Å². The number of hydrogen-bond donors (Lipinski definition) is 0. The number of fused-ring (bicyclic) bond motifs is 2. The van der Waals surface area contributed by atoms with Gasteiger partial charge < -0.3 is 9.98 Å². The Morgan fingerprint density at radius 1 is 0.432 bits per heavy atom. The van der Waals surface area contributed by atoms with Crippen LogP contribution in [0.1, 0.15) is 11.1 Å². The molecule has 0 heterocycles. The van der Waals surface area contributed by atoms with Gasteiger partial charge in [-0.2, -0.15) is 0 Å². The molecule has 6 aromatic rings. The molecule has 3 heteroatoms. The predicted octanol–water partition coefficient (Wildman–Crippen LogP) is 8.78. The minimum atomic E-state index is 0. The van der Waals surface area contributed by atoms with Crippen LogP contribution in [0, 0.1) is 12.1 Å². The average molecular weight is 567 g/mol. The molecule has 0 unspecified atom stereocenters. The average Bonchev–Trinajstić information content (AvgIpc) is 2.96.